The Hall–Kier alpha value is -2.43. The molecule has 5 nitrogen and oxygen atoms in total. The molecule has 1 heterocycles. The second-order valence-corrected chi connectivity index (χ2v) is 7.55. The zero-order chi connectivity index (χ0) is 21.3. The molecule has 0 aliphatic carbocycles. The van der Waals surface area contributed by atoms with Crippen molar-refractivity contribution in [1.29, 1.82) is 0 Å². The Labute approximate surface area is 181 Å². The SMILES string of the molecule is C#CCOC[C@@H](O)CN(Cc1cccc(F)c1)C[C@@H]1CC(c2ccccc2Cl)=NO1. The summed E-state index contributed by atoms with van der Waals surface area (Å²) in [5.41, 5.74) is 2.44. The summed E-state index contributed by atoms with van der Waals surface area (Å²) in [4.78, 5) is 7.62. The van der Waals surface area contributed by atoms with Gasteiger partial charge in [0.05, 0.1) is 18.4 Å². The quantitative estimate of drug-likeness (QED) is 0.463. The highest BCUT2D eigenvalue weighted by atomic mass is 35.5. The zero-order valence-electron chi connectivity index (χ0n) is 16.5. The maximum atomic E-state index is 13.6. The molecule has 0 aromatic heterocycles. The summed E-state index contributed by atoms with van der Waals surface area (Å²) in [5, 5.41) is 15.1. The molecule has 1 N–H and O–H groups in total. The second kappa shape index (κ2) is 11.1. The number of aliphatic hydroxyl groups excluding tert-OH is 1. The molecule has 2 atom stereocenters. The lowest BCUT2D eigenvalue weighted by atomic mass is 10.0. The molecule has 0 amide bonds. The van der Waals surface area contributed by atoms with Crippen molar-refractivity contribution in [2.75, 3.05) is 26.3 Å². The molecule has 0 unspecified atom stereocenters. The average Bonchev–Trinajstić information content (AvgIpc) is 3.16. The highest BCUT2D eigenvalue weighted by Gasteiger charge is 2.26. The third-order valence-corrected chi connectivity index (χ3v) is 4.97. The van der Waals surface area contributed by atoms with Gasteiger partial charge < -0.3 is 14.7 Å². The van der Waals surface area contributed by atoms with Crippen LogP contribution in [0, 0.1) is 18.2 Å². The number of halogens is 2. The fourth-order valence-corrected chi connectivity index (χ4v) is 3.62. The molecule has 1 aliphatic rings. The van der Waals surface area contributed by atoms with E-state index in [1.54, 1.807) is 6.07 Å². The van der Waals surface area contributed by atoms with Crippen LogP contribution in [0.5, 0.6) is 0 Å². The van der Waals surface area contributed by atoms with Crippen LogP contribution in [-0.2, 0) is 16.1 Å². The summed E-state index contributed by atoms with van der Waals surface area (Å²) in [7, 11) is 0. The van der Waals surface area contributed by atoms with Crippen LogP contribution in [0.2, 0.25) is 5.02 Å². The average molecular weight is 431 g/mol. The number of oxime groups is 1. The monoisotopic (exact) mass is 430 g/mol. The Bertz CT molecular complexity index is 915. The van der Waals surface area contributed by atoms with Crippen LogP contribution >= 0.6 is 11.6 Å². The molecule has 1 aliphatic heterocycles. The van der Waals surface area contributed by atoms with Crippen LogP contribution in [-0.4, -0.2) is 54.2 Å². The molecule has 7 heteroatoms. The van der Waals surface area contributed by atoms with Gasteiger partial charge in [0.25, 0.3) is 0 Å². The number of hydrogen-bond donors (Lipinski definition) is 1. The Morgan fingerprint density at radius 2 is 2.17 bits per heavy atom. The van der Waals surface area contributed by atoms with E-state index in [-0.39, 0.29) is 25.1 Å². The van der Waals surface area contributed by atoms with E-state index < -0.39 is 6.10 Å². The van der Waals surface area contributed by atoms with Crippen molar-refractivity contribution < 1.29 is 19.1 Å². The summed E-state index contributed by atoms with van der Waals surface area (Å²) >= 11 is 6.27. The molecule has 2 aromatic rings. The summed E-state index contributed by atoms with van der Waals surface area (Å²) in [6.45, 7) is 1.53. The molecule has 0 spiro atoms. The van der Waals surface area contributed by atoms with Crippen molar-refractivity contribution >= 4 is 17.3 Å². The standard InChI is InChI=1S/C23H24ClFN2O3/c1-2-10-29-16-19(28)14-27(13-17-6-5-7-18(25)11-17)15-20-12-23(26-30-20)21-8-3-4-9-22(21)24/h1,3-9,11,19-20,28H,10,12-16H2/t19-,20-/m0/s1. The van der Waals surface area contributed by atoms with E-state index in [0.717, 1.165) is 16.8 Å². The van der Waals surface area contributed by atoms with Crippen LogP contribution in [0.15, 0.2) is 53.7 Å². The number of benzene rings is 2. The summed E-state index contributed by atoms with van der Waals surface area (Å²) in [6.07, 6.45) is 4.82. The Morgan fingerprint density at radius 3 is 2.93 bits per heavy atom. The normalized spacial score (nSPS) is 16.8. The highest BCUT2D eigenvalue weighted by Crippen LogP contribution is 2.23. The molecular weight excluding hydrogens is 407 g/mol. The Morgan fingerprint density at radius 1 is 1.33 bits per heavy atom. The first-order valence-corrected chi connectivity index (χ1v) is 10.1. The van der Waals surface area contributed by atoms with Crippen LogP contribution in [0.25, 0.3) is 0 Å². The van der Waals surface area contributed by atoms with Gasteiger partial charge in [-0.05, 0) is 23.8 Å². The van der Waals surface area contributed by atoms with Gasteiger partial charge in [0.2, 0.25) is 0 Å². The Kier molecular flexibility index (Phi) is 8.23. The van der Waals surface area contributed by atoms with E-state index >= 15 is 0 Å². The lowest BCUT2D eigenvalue weighted by Gasteiger charge is -2.27. The first-order chi connectivity index (χ1) is 14.5. The van der Waals surface area contributed by atoms with Gasteiger partial charge in [0.15, 0.2) is 0 Å². The number of aliphatic hydroxyl groups is 1. The van der Waals surface area contributed by atoms with Gasteiger partial charge in [0, 0.05) is 36.6 Å². The van der Waals surface area contributed by atoms with Gasteiger partial charge in [-0.2, -0.15) is 0 Å². The van der Waals surface area contributed by atoms with E-state index in [2.05, 4.69) is 11.1 Å². The highest BCUT2D eigenvalue weighted by molar-refractivity contribution is 6.34. The second-order valence-electron chi connectivity index (χ2n) is 7.15. The molecule has 0 saturated carbocycles. The number of nitrogens with zero attached hydrogens (tertiary/aromatic N) is 2. The molecule has 2 aromatic carbocycles. The topological polar surface area (TPSA) is 54.3 Å². The minimum Gasteiger partial charge on any atom is -0.390 e. The smallest absolute Gasteiger partial charge is 0.145 e. The summed E-state index contributed by atoms with van der Waals surface area (Å²) < 4.78 is 18.8. The predicted molar refractivity (Wildman–Crippen MR) is 115 cm³/mol. The van der Waals surface area contributed by atoms with Gasteiger partial charge in [0.1, 0.15) is 18.5 Å². The first kappa shape index (κ1) is 22.3. The van der Waals surface area contributed by atoms with Crippen LogP contribution in [0.4, 0.5) is 4.39 Å². The van der Waals surface area contributed by atoms with Crippen molar-refractivity contribution in [3.8, 4) is 12.3 Å². The van der Waals surface area contributed by atoms with Crippen LogP contribution in [0.1, 0.15) is 17.5 Å². The fourth-order valence-electron chi connectivity index (χ4n) is 3.37. The number of terminal acetylenes is 1. The molecule has 0 radical (unpaired) electrons. The molecule has 158 valence electrons. The van der Waals surface area contributed by atoms with Crippen LogP contribution in [0.3, 0.4) is 0 Å². The van der Waals surface area contributed by atoms with Gasteiger partial charge in [-0.25, -0.2) is 4.39 Å². The van der Waals surface area contributed by atoms with Gasteiger partial charge in [-0.15, -0.1) is 6.42 Å². The van der Waals surface area contributed by atoms with Crippen molar-refractivity contribution in [1.82, 2.24) is 4.90 Å². The van der Waals surface area contributed by atoms with Crippen molar-refractivity contribution in [3.63, 3.8) is 0 Å². The minimum atomic E-state index is -0.739. The van der Waals surface area contributed by atoms with E-state index in [9.17, 15) is 9.50 Å². The van der Waals surface area contributed by atoms with Crippen molar-refractivity contribution in [2.24, 2.45) is 5.16 Å². The van der Waals surface area contributed by atoms with E-state index in [4.69, 9.17) is 27.6 Å². The molecule has 30 heavy (non-hydrogen) atoms. The lowest BCUT2D eigenvalue weighted by Crippen LogP contribution is -2.39. The maximum absolute atomic E-state index is 13.6. The minimum absolute atomic E-state index is 0.122. The largest absolute Gasteiger partial charge is 0.390 e. The molecule has 0 bridgehead atoms. The molecule has 0 fully saturated rings. The fraction of sp³-hybridized carbons (Fsp3) is 0.348. The van der Waals surface area contributed by atoms with E-state index in [1.807, 2.05) is 35.2 Å². The third kappa shape index (κ3) is 6.54. The van der Waals surface area contributed by atoms with Gasteiger partial charge in [-0.1, -0.05) is 53.0 Å². The third-order valence-electron chi connectivity index (χ3n) is 4.64. The van der Waals surface area contributed by atoms with E-state index in [0.29, 0.717) is 31.1 Å². The molecule has 0 saturated heterocycles. The van der Waals surface area contributed by atoms with E-state index in [1.165, 1.54) is 12.1 Å². The Balaban J connectivity index is 1.63. The maximum Gasteiger partial charge on any atom is 0.145 e. The number of rotatable bonds is 10. The lowest BCUT2D eigenvalue weighted by molar-refractivity contribution is 0.00417. The number of ether oxygens (including phenoxy) is 1. The van der Waals surface area contributed by atoms with Crippen LogP contribution < -0.4 is 0 Å². The number of hydrogen-bond acceptors (Lipinski definition) is 5. The summed E-state index contributed by atoms with van der Waals surface area (Å²) in [5.74, 6) is 2.07. The first-order valence-electron chi connectivity index (χ1n) is 9.69. The van der Waals surface area contributed by atoms with Gasteiger partial charge in [-0.3, -0.25) is 4.90 Å². The zero-order valence-corrected chi connectivity index (χ0v) is 17.3. The predicted octanol–water partition coefficient (Wildman–Crippen LogP) is 3.49. The molecular formula is C23H24ClFN2O3. The van der Waals surface area contributed by atoms with Crippen molar-refractivity contribution in [2.45, 2.75) is 25.2 Å². The van der Waals surface area contributed by atoms with Crippen molar-refractivity contribution in [3.05, 3.63) is 70.5 Å². The van der Waals surface area contributed by atoms with Gasteiger partial charge >= 0.3 is 0 Å². The molecule has 3 rings (SSSR count). The summed E-state index contributed by atoms with van der Waals surface area (Å²) in [6, 6.07) is 13.9.